The first-order chi connectivity index (χ1) is 13.6. The number of hydrogen-bond acceptors (Lipinski definition) is 5. The van der Waals surface area contributed by atoms with Gasteiger partial charge in [-0.05, 0) is 50.5 Å². The first-order valence-electron chi connectivity index (χ1n) is 10.2. The number of hydrogen-bond donors (Lipinski definition) is 2. The maximum absolute atomic E-state index is 12.4. The Morgan fingerprint density at radius 2 is 1.89 bits per heavy atom. The van der Waals surface area contributed by atoms with Crippen molar-refractivity contribution >= 4 is 32.0 Å². The van der Waals surface area contributed by atoms with Crippen LogP contribution in [0.5, 0.6) is 0 Å². The Morgan fingerprint density at radius 3 is 2.64 bits per heavy atom. The van der Waals surface area contributed by atoms with Gasteiger partial charge in [-0.15, -0.1) is 0 Å². The zero-order valence-corrected chi connectivity index (χ0v) is 16.6. The summed E-state index contributed by atoms with van der Waals surface area (Å²) in [5, 5.41) is 2.14. The molecule has 2 fully saturated rings. The number of aromatic nitrogens is 4. The van der Waals surface area contributed by atoms with E-state index in [9.17, 15) is 8.42 Å². The van der Waals surface area contributed by atoms with Gasteiger partial charge in [0, 0.05) is 28.9 Å². The minimum absolute atomic E-state index is 0.172. The average molecular weight is 400 g/mol. The van der Waals surface area contributed by atoms with Gasteiger partial charge >= 0.3 is 0 Å². The lowest BCUT2D eigenvalue weighted by Crippen LogP contribution is -2.42. The van der Waals surface area contributed by atoms with E-state index in [1.807, 2.05) is 12.3 Å². The largest absolute Gasteiger partial charge is 0.346 e. The molecule has 2 aliphatic carbocycles. The van der Waals surface area contributed by atoms with Gasteiger partial charge in [0.1, 0.15) is 12.0 Å². The number of nitrogens with one attached hydrogen (secondary N) is 2. The molecule has 0 radical (unpaired) electrons. The van der Waals surface area contributed by atoms with Crippen LogP contribution in [0.15, 0.2) is 24.8 Å². The van der Waals surface area contributed by atoms with Crippen LogP contribution in [0.2, 0.25) is 0 Å². The van der Waals surface area contributed by atoms with Gasteiger partial charge < -0.3 is 4.98 Å². The molecule has 7 nitrogen and oxygen atoms in total. The average Bonchev–Trinajstić information content (AvgIpc) is 3.14. The minimum Gasteiger partial charge on any atom is -0.346 e. The van der Waals surface area contributed by atoms with Gasteiger partial charge in [0.2, 0.25) is 10.0 Å². The van der Waals surface area contributed by atoms with Crippen LogP contribution in [0.25, 0.3) is 21.9 Å². The number of aromatic amines is 1. The number of sulfonamides is 1. The third-order valence-corrected chi connectivity index (χ3v) is 7.96. The monoisotopic (exact) mass is 399 g/mol. The van der Waals surface area contributed by atoms with Crippen molar-refractivity contribution in [3.05, 3.63) is 30.5 Å². The first-order valence-corrected chi connectivity index (χ1v) is 11.8. The fourth-order valence-corrected chi connectivity index (χ4v) is 6.43. The molecule has 0 bridgehead atoms. The van der Waals surface area contributed by atoms with Gasteiger partial charge in [-0.25, -0.2) is 28.1 Å². The highest BCUT2D eigenvalue weighted by atomic mass is 32.2. The van der Waals surface area contributed by atoms with Crippen LogP contribution in [0.1, 0.15) is 56.6 Å². The molecule has 0 saturated heterocycles. The van der Waals surface area contributed by atoms with Crippen molar-refractivity contribution in [1.82, 2.24) is 24.7 Å². The van der Waals surface area contributed by atoms with Gasteiger partial charge in [0.05, 0.1) is 23.2 Å². The fourth-order valence-electron chi connectivity index (χ4n) is 4.63. The second-order valence-electron chi connectivity index (χ2n) is 8.26. The smallest absolute Gasteiger partial charge is 0.212 e. The lowest BCUT2D eigenvalue weighted by Gasteiger charge is -2.30. The molecule has 0 atom stereocenters. The fraction of sp³-hybridized carbons (Fsp3) is 0.550. The van der Waals surface area contributed by atoms with Crippen molar-refractivity contribution < 1.29 is 8.42 Å². The number of H-pyrrole nitrogens is 1. The van der Waals surface area contributed by atoms with E-state index in [-0.39, 0.29) is 17.7 Å². The molecule has 0 aliphatic heterocycles. The summed E-state index contributed by atoms with van der Waals surface area (Å²) in [4.78, 5) is 16.6. The van der Waals surface area contributed by atoms with Crippen LogP contribution in [0, 0.1) is 5.92 Å². The molecule has 3 heterocycles. The van der Waals surface area contributed by atoms with E-state index >= 15 is 0 Å². The number of nitrogens with zero attached hydrogens (tertiary/aromatic N) is 3. The van der Waals surface area contributed by atoms with Crippen molar-refractivity contribution in [2.75, 3.05) is 5.75 Å². The van der Waals surface area contributed by atoms with Crippen molar-refractivity contribution in [1.29, 1.82) is 0 Å². The summed E-state index contributed by atoms with van der Waals surface area (Å²) in [5.41, 5.74) is 2.79. The van der Waals surface area contributed by atoms with E-state index in [4.69, 9.17) is 0 Å². The topological polar surface area (TPSA) is 101 Å². The Balaban J connectivity index is 1.32. The maximum Gasteiger partial charge on any atom is 0.212 e. The molecule has 0 unspecified atom stereocenters. The maximum atomic E-state index is 12.4. The zero-order chi connectivity index (χ0) is 19.1. The van der Waals surface area contributed by atoms with E-state index in [2.05, 4.69) is 24.7 Å². The van der Waals surface area contributed by atoms with Gasteiger partial charge in [0.25, 0.3) is 0 Å². The van der Waals surface area contributed by atoms with Gasteiger partial charge in [-0.1, -0.05) is 6.42 Å². The number of fused-ring (bicyclic) bond motifs is 3. The van der Waals surface area contributed by atoms with Crippen molar-refractivity contribution in [2.24, 2.45) is 5.92 Å². The normalized spacial score (nSPS) is 23.9. The molecule has 3 aromatic rings. The molecule has 5 rings (SSSR count). The van der Waals surface area contributed by atoms with Crippen molar-refractivity contribution in [3.8, 4) is 0 Å². The van der Waals surface area contributed by atoms with Crippen LogP contribution in [-0.2, 0) is 10.0 Å². The van der Waals surface area contributed by atoms with Crippen molar-refractivity contribution in [2.45, 2.75) is 56.9 Å². The zero-order valence-electron chi connectivity index (χ0n) is 15.8. The Morgan fingerprint density at radius 1 is 1.07 bits per heavy atom. The van der Waals surface area contributed by atoms with Crippen molar-refractivity contribution in [3.63, 3.8) is 0 Å². The SMILES string of the molecule is O=S(=O)(CC1CCC(c2ncnc3cnc4[nH]ccc4c23)CC1)NC1CCC1. The van der Waals surface area contributed by atoms with E-state index in [0.29, 0.717) is 5.92 Å². The molecule has 2 N–H and O–H groups in total. The Hall–Kier alpha value is -2.06. The van der Waals surface area contributed by atoms with Crippen LogP contribution in [-0.4, -0.2) is 40.1 Å². The molecule has 2 aliphatic rings. The lowest BCUT2D eigenvalue weighted by atomic mass is 9.80. The standard InChI is InChI=1S/C20H25N5O2S/c26-28(27,25-15-2-1-3-15)11-13-4-6-14(7-5-13)19-18-16-8-9-21-20(16)22-10-17(18)23-12-24-19/h8-10,12-15,25H,1-7,11H2,(H,21,22). The molecule has 148 valence electrons. The predicted molar refractivity (Wildman–Crippen MR) is 108 cm³/mol. The van der Waals surface area contributed by atoms with Crippen LogP contribution in [0.4, 0.5) is 0 Å². The Kier molecular flexibility index (Phi) is 4.55. The highest BCUT2D eigenvalue weighted by Crippen LogP contribution is 2.39. The predicted octanol–water partition coefficient (Wildman–Crippen LogP) is 3.25. The van der Waals surface area contributed by atoms with E-state index in [1.54, 1.807) is 12.5 Å². The van der Waals surface area contributed by atoms with Gasteiger partial charge in [-0.2, -0.15) is 0 Å². The summed E-state index contributed by atoms with van der Waals surface area (Å²) in [7, 11) is -3.17. The molecule has 8 heteroatoms. The van der Waals surface area contributed by atoms with Gasteiger partial charge in [-0.3, -0.25) is 0 Å². The van der Waals surface area contributed by atoms with Crippen LogP contribution in [0.3, 0.4) is 0 Å². The minimum atomic E-state index is -3.17. The Bertz CT molecular complexity index is 1100. The van der Waals surface area contributed by atoms with E-state index in [0.717, 1.165) is 72.6 Å². The third kappa shape index (κ3) is 3.39. The molecular weight excluding hydrogens is 374 g/mol. The summed E-state index contributed by atoms with van der Waals surface area (Å²) >= 11 is 0. The quantitative estimate of drug-likeness (QED) is 0.686. The van der Waals surface area contributed by atoms with Crippen LogP contribution >= 0.6 is 0 Å². The second kappa shape index (κ2) is 7.08. The lowest BCUT2D eigenvalue weighted by molar-refractivity contribution is 0.341. The highest BCUT2D eigenvalue weighted by molar-refractivity contribution is 7.89. The summed E-state index contributed by atoms with van der Waals surface area (Å²) in [6, 6.07) is 2.20. The molecule has 2 saturated carbocycles. The summed E-state index contributed by atoms with van der Waals surface area (Å²) in [6.45, 7) is 0. The molecule has 28 heavy (non-hydrogen) atoms. The Labute approximate surface area is 164 Å². The van der Waals surface area contributed by atoms with Gasteiger partial charge in [0.15, 0.2) is 0 Å². The van der Waals surface area contributed by atoms with E-state index in [1.165, 1.54) is 0 Å². The summed E-state index contributed by atoms with van der Waals surface area (Å²) in [6.07, 6.45) is 12.2. The molecule has 0 spiro atoms. The molecule has 0 amide bonds. The molecule has 3 aromatic heterocycles. The highest BCUT2D eigenvalue weighted by Gasteiger charge is 2.30. The number of pyridine rings is 1. The second-order valence-corrected chi connectivity index (χ2v) is 10.1. The molecular formula is C20H25N5O2S. The van der Waals surface area contributed by atoms with Crippen LogP contribution < -0.4 is 4.72 Å². The summed E-state index contributed by atoms with van der Waals surface area (Å²) < 4.78 is 27.7. The number of rotatable bonds is 5. The molecule has 0 aromatic carbocycles. The third-order valence-electron chi connectivity index (χ3n) is 6.36. The summed E-state index contributed by atoms with van der Waals surface area (Å²) in [5.74, 6) is 0.826. The first kappa shape index (κ1) is 18.0. The van der Waals surface area contributed by atoms with E-state index < -0.39 is 10.0 Å².